The Balaban J connectivity index is 2.94. The van der Waals surface area contributed by atoms with Crippen LogP contribution >= 0.6 is 0 Å². The highest BCUT2D eigenvalue weighted by molar-refractivity contribution is 5.93. The smallest absolute Gasteiger partial charge is 0.324 e. The summed E-state index contributed by atoms with van der Waals surface area (Å²) in [5.74, 6) is -0.917. The number of nitrogens with one attached hydrogen (secondary N) is 1. The number of likely N-dealkylation sites (N-methyl/N-ethyl adjacent to an activating group) is 2. The Morgan fingerprint density at radius 2 is 1.90 bits per heavy atom. The number of aliphatic carboxylic acids is 1. The molecule has 0 heterocycles. The van der Waals surface area contributed by atoms with Gasteiger partial charge in [-0.25, -0.2) is 4.79 Å². The molecule has 1 aromatic rings. The van der Waals surface area contributed by atoms with Gasteiger partial charge in [0.1, 0.15) is 0 Å². The lowest BCUT2D eigenvalue weighted by molar-refractivity contribution is -0.136. The molecular formula is C15H23N3O3. The number of para-hydroxylation sites is 1. The van der Waals surface area contributed by atoms with E-state index in [1.54, 1.807) is 11.9 Å². The fourth-order valence-corrected chi connectivity index (χ4v) is 1.97. The van der Waals surface area contributed by atoms with Crippen molar-refractivity contribution in [2.24, 2.45) is 0 Å². The summed E-state index contributed by atoms with van der Waals surface area (Å²) < 4.78 is 0. The minimum Gasteiger partial charge on any atom is -0.481 e. The summed E-state index contributed by atoms with van der Waals surface area (Å²) in [4.78, 5) is 26.5. The molecule has 1 aromatic carbocycles. The zero-order valence-electron chi connectivity index (χ0n) is 12.8. The van der Waals surface area contributed by atoms with Gasteiger partial charge < -0.3 is 15.3 Å². The third kappa shape index (κ3) is 5.07. The highest BCUT2D eigenvalue weighted by atomic mass is 16.4. The maximum atomic E-state index is 12.5. The Morgan fingerprint density at radius 1 is 1.24 bits per heavy atom. The van der Waals surface area contributed by atoms with E-state index in [2.05, 4.69) is 5.32 Å². The first-order valence-electron chi connectivity index (χ1n) is 6.92. The number of urea groups is 1. The maximum absolute atomic E-state index is 12.5. The number of carboxylic acid groups (broad SMARTS) is 1. The molecule has 116 valence electrons. The van der Waals surface area contributed by atoms with E-state index in [4.69, 9.17) is 5.11 Å². The molecule has 21 heavy (non-hydrogen) atoms. The van der Waals surface area contributed by atoms with Crippen molar-refractivity contribution >= 4 is 17.7 Å². The number of nitrogens with zero attached hydrogens (tertiary/aromatic N) is 2. The first kappa shape index (κ1) is 17.0. The van der Waals surface area contributed by atoms with Crippen LogP contribution in [-0.4, -0.2) is 55.7 Å². The lowest BCUT2D eigenvalue weighted by Crippen LogP contribution is -2.44. The normalized spacial score (nSPS) is 10.2. The van der Waals surface area contributed by atoms with Crippen molar-refractivity contribution in [1.82, 2.24) is 10.2 Å². The minimum atomic E-state index is -0.917. The summed E-state index contributed by atoms with van der Waals surface area (Å²) in [5.41, 5.74) is 1.69. The van der Waals surface area contributed by atoms with E-state index >= 15 is 0 Å². The zero-order valence-corrected chi connectivity index (χ0v) is 12.8. The standard InChI is InChI=1S/C15H23N3O3/c1-12-6-4-5-7-13(12)18(10-8-14(19)20)15(21)17(3)11-9-16-2/h4-7,16H,8-11H2,1-3H3,(H,19,20). The fraction of sp³-hybridized carbons (Fsp3) is 0.467. The van der Waals surface area contributed by atoms with Gasteiger partial charge in [0.05, 0.1) is 6.42 Å². The summed E-state index contributed by atoms with van der Waals surface area (Å²) in [6.07, 6.45) is -0.0834. The van der Waals surface area contributed by atoms with Gasteiger partial charge in [0, 0.05) is 32.4 Å². The Labute approximate surface area is 125 Å². The molecule has 0 aliphatic heterocycles. The van der Waals surface area contributed by atoms with Gasteiger partial charge in [0.15, 0.2) is 0 Å². The molecule has 0 atom stereocenters. The second-order valence-corrected chi connectivity index (χ2v) is 4.89. The topological polar surface area (TPSA) is 72.9 Å². The summed E-state index contributed by atoms with van der Waals surface area (Å²) in [5, 5.41) is 11.9. The number of hydrogen-bond acceptors (Lipinski definition) is 3. The van der Waals surface area contributed by atoms with Gasteiger partial charge in [0.2, 0.25) is 0 Å². The van der Waals surface area contributed by atoms with Crippen LogP contribution in [0.25, 0.3) is 0 Å². The van der Waals surface area contributed by atoms with Crippen LogP contribution in [0.15, 0.2) is 24.3 Å². The number of benzene rings is 1. The van der Waals surface area contributed by atoms with Crippen LogP contribution < -0.4 is 10.2 Å². The quantitative estimate of drug-likeness (QED) is 0.800. The summed E-state index contributed by atoms with van der Waals surface area (Å²) in [7, 11) is 3.54. The van der Waals surface area contributed by atoms with Crippen LogP contribution in [0.4, 0.5) is 10.5 Å². The van der Waals surface area contributed by atoms with E-state index in [1.807, 2.05) is 38.2 Å². The molecule has 0 aliphatic carbocycles. The van der Waals surface area contributed by atoms with E-state index in [0.29, 0.717) is 13.1 Å². The number of anilines is 1. The van der Waals surface area contributed by atoms with Gasteiger partial charge in [-0.2, -0.15) is 0 Å². The largest absolute Gasteiger partial charge is 0.481 e. The fourth-order valence-electron chi connectivity index (χ4n) is 1.97. The minimum absolute atomic E-state index is 0.0834. The predicted octanol–water partition coefficient (Wildman–Crippen LogP) is 1.55. The van der Waals surface area contributed by atoms with Crippen LogP contribution in [0.5, 0.6) is 0 Å². The second-order valence-electron chi connectivity index (χ2n) is 4.89. The third-order valence-corrected chi connectivity index (χ3v) is 3.21. The summed E-state index contributed by atoms with van der Waals surface area (Å²) in [6.45, 7) is 3.31. The second kappa shape index (κ2) is 8.26. The van der Waals surface area contributed by atoms with Gasteiger partial charge in [-0.15, -0.1) is 0 Å². The number of rotatable bonds is 7. The Hall–Kier alpha value is -2.08. The van der Waals surface area contributed by atoms with E-state index in [1.165, 1.54) is 4.90 Å². The number of carboxylic acids is 1. The first-order chi connectivity index (χ1) is 9.97. The van der Waals surface area contributed by atoms with Gasteiger partial charge in [-0.05, 0) is 25.6 Å². The third-order valence-electron chi connectivity index (χ3n) is 3.21. The zero-order chi connectivity index (χ0) is 15.8. The van der Waals surface area contributed by atoms with Crippen molar-refractivity contribution in [3.63, 3.8) is 0 Å². The average Bonchev–Trinajstić information content (AvgIpc) is 2.46. The van der Waals surface area contributed by atoms with E-state index in [0.717, 1.165) is 11.3 Å². The molecule has 0 bridgehead atoms. The Bertz CT molecular complexity index is 491. The molecule has 0 spiro atoms. The van der Waals surface area contributed by atoms with Crippen LogP contribution in [0.2, 0.25) is 0 Å². The van der Waals surface area contributed by atoms with Crippen molar-refractivity contribution in [2.75, 3.05) is 38.6 Å². The molecule has 6 heteroatoms. The Morgan fingerprint density at radius 3 is 2.48 bits per heavy atom. The van der Waals surface area contributed by atoms with E-state index < -0.39 is 5.97 Å². The van der Waals surface area contributed by atoms with Crippen LogP contribution in [-0.2, 0) is 4.79 Å². The lowest BCUT2D eigenvalue weighted by Gasteiger charge is -2.29. The molecular weight excluding hydrogens is 270 g/mol. The molecule has 0 fully saturated rings. The number of hydrogen-bond donors (Lipinski definition) is 2. The van der Waals surface area contributed by atoms with Crippen LogP contribution in [0.3, 0.4) is 0 Å². The molecule has 0 aromatic heterocycles. The van der Waals surface area contributed by atoms with Crippen molar-refractivity contribution in [1.29, 1.82) is 0 Å². The van der Waals surface area contributed by atoms with Crippen LogP contribution in [0, 0.1) is 6.92 Å². The maximum Gasteiger partial charge on any atom is 0.324 e. The summed E-state index contributed by atoms with van der Waals surface area (Å²) >= 11 is 0. The number of carbonyl (C=O) groups excluding carboxylic acids is 1. The molecule has 0 saturated heterocycles. The number of carbonyl (C=O) groups is 2. The Kier molecular flexibility index (Phi) is 6.68. The molecule has 0 radical (unpaired) electrons. The molecule has 0 unspecified atom stereocenters. The number of aryl methyl sites for hydroxylation is 1. The van der Waals surface area contributed by atoms with Gasteiger partial charge in [-0.3, -0.25) is 9.69 Å². The van der Waals surface area contributed by atoms with Crippen molar-refractivity contribution < 1.29 is 14.7 Å². The SMILES string of the molecule is CNCCN(C)C(=O)N(CCC(=O)O)c1ccccc1C. The molecule has 0 saturated carbocycles. The molecule has 2 amide bonds. The molecule has 2 N–H and O–H groups in total. The lowest BCUT2D eigenvalue weighted by atomic mass is 10.2. The van der Waals surface area contributed by atoms with Crippen molar-refractivity contribution in [2.45, 2.75) is 13.3 Å². The monoisotopic (exact) mass is 293 g/mol. The van der Waals surface area contributed by atoms with Gasteiger partial charge >= 0.3 is 12.0 Å². The predicted molar refractivity (Wildman–Crippen MR) is 82.7 cm³/mol. The van der Waals surface area contributed by atoms with Crippen molar-refractivity contribution in [3.05, 3.63) is 29.8 Å². The number of amides is 2. The average molecular weight is 293 g/mol. The highest BCUT2D eigenvalue weighted by Gasteiger charge is 2.21. The van der Waals surface area contributed by atoms with Crippen LogP contribution in [0.1, 0.15) is 12.0 Å². The molecule has 1 rings (SSSR count). The van der Waals surface area contributed by atoms with E-state index in [9.17, 15) is 9.59 Å². The summed E-state index contributed by atoms with van der Waals surface area (Å²) in [6, 6.07) is 7.28. The van der Waals surface area contributed by atoms with Gasteiger partial charge in [0.25, 0.3) is 0 Å². The van der Waals surface area contributed by atoms with E-state index in [-0.39, 0.29) is 19.0 Å². The highest BCUT2D eigenvalue weighted by Crippen LogP contribution is 2.21. The van der Waals surface area contributed by atoms with Crippen molar-refractivity contribution in [3.8, 4) is 0 Å². The molecule has 6 nitrogen and oxygen atoms in total. The first-order valence-corrected chi connectivity index (χ1v) is 6.92. The van der Waals surface area contributed by atoms with Gasteiger partial charge in [-0.1, -0.05) is 18.2 Å². The molecule has 0 aliphatic rings.